The fourth-order valence-electron chi connectivity index (χ4n) is 2.57. The SMILES string of the molecule is N#Cc1cc(NC(=O)COc2nsc3ccccc23)n(-c2ccccc2)n1. The number of nitrogens with one attached hydrogen (secondary N) is 1. The number of anilines is 1. The van der Waals surface area contributed by atoms with Crippen molar-refractivity contribution in [3.05, 3.63) is 66.4 Å². The Morgan fingerprint density at radius 1 is 1.19 bits per heavy atom. The van der Waals surface area contributed by atoms with Crippen LogP contribution in [0, 0.1) is 11.3 Å². The summed E-state index contributed by atoms with van der Waals surface area (Å²) in [6.07, 6.45) is 0. The number of amides is 1. The zero-order valence-electron chi connectivity index (χ0n) is 14.0. The van der Waals surface area contributed by atoms with Gasteiger partial charge in [-0.05, 0) is 35.8 Å². The Morgan fingerprint density at radius 2 is 1.96 bits per heavy atom. The van der Waals surface area contributed by atoms with Crippen LogP contribution in [0.5, 0.6) is 5.88 Å². The average Bonchev–Trinajstić information content (AvgIpc) is 3.31. The molecule has 0 atom stereocenters. The number of carbonyl (C=O) groups is 1. The smallest absolute Gasteiger partial charge is 0.263 e. The molecule has 1 amide bonds. The molecule has 0 bridgehead atoms. The van der Waals surface area contributed by atoms with E-state index in [2.05, 4.69) is 14.8 Å². The van der Waals surface area contributed by atoms with Crippen LogP contribution in [0.3, 0.4) is 0 Å². The topological polar surface area (TPSA) is 92.8 Å². The summed E-state index contributed by atoms with van der Waals surface area (Å²) >= 11 is 1.32. The molecule has 0 radical (unpaired) electrons. The van der Waals surface area contributed by atoms with E-state index in [-0.39, 0.29) is 18.2 Å². The summed E-state index contributed by atoms with van der Waals surface area (Å²) in [5.74, 6) is 0.461. The quantitative estimate of drug-likeness (QED) is 0.577. The van der Waals surface area contributed by atoms with Gasteiger partial charge in [-0.25, -0.2) is 4.68 Å². The highest BCUT2D eigenvalue weighted by atomic mass is 32.1. The maximum Gasteiger partial charge on any atom is 0.263 e. The van der Waals surface area contributed by atoms with Crippen molar-refractivity contribution in [3.8, 4) is 17.6 Å². The summed E-state index contributed by atoms with van der Waals surface area (Å²) in [7, 11) is 0. The number of aromatic nitrogens is 3. The highest BCUT2D eigenvalue weighted by molar-refractivity contribution is 7.13. The van der Waals surface area contributed by atoms with E-state index in [0.717, 1.165) is 15.8 Å². The third-order valence-electron chi connectivity index (χ3n) is 3.78. The van der Waals surface area contributed by atoms with Gasteiger partial charge in [-0.15, -0.1) is 0 Å². The van der Waals surface area contributed by atoms with Gasteiger partial charge in [0.1, 0.15) is 11.9 Å². The highest BCUT2D eigenvalue weighted by Gasteiger charge is 2.14. The molecule has 0 aliphatic carbocycles. The molecule has 132 valence electrons. The second-order valence-corrected chi connectivity index (χ2v) is 6.40. The standard InChI is InChI=1S/C19H13N5O2S/c20-11-13-10-17(24(22-13)14-6-2-1-3-7-14)21-18(25)12-26-19-15-8-4-5-9-16(15)27-23-19/h1-10H,12H2,(H,21,25). The summed E-state index contributed by atoms with van der Waals surface area (Å²) in [4.78, 5) is 12.3. The van der Waals surface area contributed by atoms with Crippen molar-refractivity contribution in [1.82, 2.24) is 14.2 Å². The van der Waals surface area contributed by atoms with Crippen molar-refractivity contribution in [2.45, 2.75) is 0 Å². The van der Waals surface area contributed by atoms with Crippen LogP contribution >= 0.6 is 11.5 Å². The maximum atomic E-state index is 12.3. The van der Waals surface area contributed by atoms with Gasteiger partial charge in [-0.1, -0.05) is 30.3 Å². The molecule has 4 aromatic rings. The Balaban J connectivity index is 1.50. The lowest BCUT2D eigenvalue weighted by Crippen LogP contribution is -2.22. The molecule has 0 fully saturated rings. The summed E-state index contributed by atoms with van der Waals surface area (Å²) in [6.45, 7) is -0.199. The number of para-hydroxylation sites is 1. The van der Waals surface area contributed by atoms with Gasteiger partial charge in [0, 0.05) is 6.07 Å². The first-order valence-electron chi connectivity index (χ1n) is 8.07. The fraction of sp³-hybridized carbons (Fsp3) is 0.0526. The summed E-state index contributed by atoms with van der Waals surface area (Å²) < 4.78 is 12.3. The van der Waals surface area contributed by atoms with Gasteiger partial charge in [-0.2, -0.15) is 14.7 Å². The molecule has 0 spiro atoms. The number of nitrogens with zero attached hydrogens (tertiary/aromatic N) is 4. The molecule has 2 aromatic carbocycles. The van der Waals surface area contributed by atoms with Gasteiger partial charge in [0.05, 0.1) is 15.8 Å². The minimum Gasteiger partial charge on any atom is -0.466 e. The Hall–Kier alpha value is -3.70. The summed E-state index contributed by atoms with van der Waals surface area (Å²) in [6, 6.07) is 20.4. The summed E-state index contributed by atoms with van der Waals surface area (Å²) in [5, 5.41) is 16.9. The second-order valence-electron chi connectivity index (χ2n) is 5.59. The van der Waals surface area contributed by atoms with Gasteiger partial charge in [0.15, 0.2) is 12.3 Å². The zero-order chi connectivity index (χ0) is 18.6. The largest absolute Gasteiger partial charge is 0.466 e. The lowest BCUT2D eigenvalue weighted by molar-refractivity contribution is -0.118. The number of rotatable bonds is 5. The van der Waals surface area contributed by atoms with Crippen LogP contribution in [-0.4, -0.2) is 26.7 Å². The molecule has 2 heterocycles. The van der Waals surface area contributed by atoms with E-state index in [4.69, 9.17) is 10.00 Å². The van der Waals surface area contributed by atoms with E-state index in [1.807, 2.05) is 60.7 Å². The predicted octanol–water partition coefficient (Wildman–Crippen LogP) is 3.37. The van der Waals surface area contributed by atoms with E-state index in [9.17, 15) is 4.79 Å². The number of benzene rings is 2. The third kappa shape index (κ3) is 3.49. The van der Waals surface area contributed by atoms with Crippen molar-refractivity contribution < 1.29 is 9.53 Å². The minimum atomic E-state index is -0.367. The molecular weight excluding hydrogens is 362 g/mol. The van der Waals surface area contributed by atoms with Gasteiger partial charge >= 0.3 is 0 Å². The molecule has 7 nitrogen and oxygen atoms in total. The predicted molar refractivity (Wildman–Crippen MR) is 102 cm³/mol. The highest BCUT2D eigenvalue weighted by Crippen LogP contribution is 2.28. The Labute approximate surface area is 158 Å². The first-order chi connectivity index (χ1) is 13.2. The van der Waals surface area contributed by atoms with Crippen molar-refractivity contribution >= 4 is 33.3 Å². The van der Waals surface area contributed by atoms with Gasteiger partial charge in [0.25, 0.3) is 5.91 Å². The maximum absolute atomic E-state index is 12.3. The van der Waals surface area contributed by atoms with Crippen LogP contribution in [-0.2, 0) is 4.79 Å². The molecule has 1 N–H and O–H groups in total. The molecule has 2 aromatic heterocycles. The van der Waals surface area contributed by atoms with E-state index >= 15 is 0 Å². The number of hydrogen-bond acceptors (Lipinski definition) is 6. The van der Waals surface area contributed by atoms with Crippen molar-refractivity contribution in [2.75, 3.05) is 11.9 Å². The summed E-state index contributed by atoms with van der Waals surface area (Å²) in [5.41, 5.74) is 0.946. The molecule has 0 aliphatic rings. The van der Waals surface area contributed by atoms with Crippen molar-refractivity contribution in [2.24, 2.45) is 0 Å². The lowest BCUT2D eigenvalue weighted by atomic mass is 10.3. The number of nitriles is 1. The van der Waals surface area contributed by atoms with Crippen LogP contribution in [0.4, 0.5) is 5.82 Å². The van der Waals surface area contributed by atoms with Crippen molar-refractivity contribution in [3.63, 3.8) is 0 Å². The number of carbonyl (C=O) groups excluding carboxylic acids is 1. The number of ether oxygens (including phenoxy) is 1. The lowest BCUT2D eigenvalue weighted by Gasteiger charge is -2.09. The van der Waals surface area contributed by atoms with Gasteiger partial charge < -0.3 is 10.1 Å². The Morgan fingerprint density at radius 3 is 2.78 bits per heavy atom. The molecule has 0 aliphatic heterocycles. The minimum absolute atomic E-state index is 0.199. The van der Waals surface area contributed by atoms with Crippen LogP contribution in [0.15, 0.2) is 60.7 Å². The Kier molecular flexibility index (Phi) is 4.51. The van der Waals surface area contributed by atoms with Crippen LogP contribution < -0.4 is 10.1 Å². The Bertz CT molecular complexity index is 1140. The first-order valence-corrected chi connectivity index (χ1v) is 8.84. The van der Waals surface area contributed by atoms with Gasteiger partial charge in [-0.3, -0.25) is 4.79 Å². The van der Waals surface area contributed by atoms with Crippen LogP contribution in [0.1, 0.15) is 5.69 Å². The molecule has 0 unspecified atom stereocenters. The first kappa shape index (κ1) is 16.8. The number of fused-ring (bicyclic) bond motifs is 1. The molecule has 8 heteroatoms. The molecule has 0 saturated heterocycles. The molecule has 27 heavy (non-hydrogen) atoms. The normalized spacial score (nSPS) is 10.5. The van der Waals surface area contributed by atoms with Crippen molar-refractivity contribution in [1.29, 1.82) is 5.26 Å². The second kappa shape index (κ2) is 7.27. The average molecular weight is 375 g/mol. The van der Waals surface area contributed by atoms with E-state index in [1.165, 1.54) is 22.3 Å². The van der Waals surface area contributed by atoms with E-state index < -0.39 is 0 Å². The molecule has 0 saturated carbocycles. The van der Waals surface area contributed by atoms with E-state index in [0.29, 0.717) is 11.7 Å². The third-order valence-corrected chi connectivity index (χ3v) is 4.59. The monoisotopic (exact) mass is 375 g/mol. The van der Waals surface area contributed by atoms with Gasteiger partial charge in [0.2, 0.25) is 5.88 Å². The van der Waals surface area contributed by atoms with Crippen LogP contribution in [0.2, 0.25) is 0 Å². The molecular formula is C19H13N5O2S. The zero-order valence-corrected chi connectivity index (χ0v) is 14.8. The fourth-order valence-corrected chi connectivity index (χ4v) is 3.30. The molecule has 4 rings (SSSR count). The van der Waals surface area contributed by atoms with Crippen LogP contribution in [0.25, 0.3) is 15.8 Å². The number of hydrogen-bond donors (Lipinski definition) is 1. The van der Waals surface area contributed by atoms with E-state index in [1.54, 1.807) is 0 Å².